The van der Waals surface area contributed by atoms with E-state index in [1.807, 2.05) is 31.3 Å². The first kappa shape index (κ1) is 14.4. The summed E-state index contributed by atoms with van der Waals surface area (Å²) >= 11 is 0. The summed E-state index contributed by atoms with van der Waals surface area (Å²) in [6.07, 6.45) is 3.30. The van der Waals surface area contributed by atoms with E-state index < -0.39 is 0 Å². The summed E-state index contributed by atoms with van der Waals surface area (Å²) in [5.74, 6) is 1.46. The van der Waals surface area contributed by atoms with Gasteiger partial charge in [0.1, 0.15) is 12.1 Å². The molecular weight excluding hydrogens is 280 g/mol. The van der Waals surface area contributed by atoms with Crippen molar-refractivity contribution in [2.24, 2.45) is 0 Å². The van der Waals surface area contributed by atoms with Crippen LogP contribution in [-0.4, -0.2) is 38.7 Å². The number of ether oxygens (including phenoxy) is 1. The first-order chi connectivity index (χ1) is 10.7. The molecule has 0 aliphatic rings. The number of hydrogen-bond donors (Lipinski definition) is 0. The predicted octanol–water partition coefficient (Wildman–Crippen LogP) is 1.86. The Kier molecular flexibility index (Phi) is 3.97. The van der Waals surface area contributed by atoms with E-state index in [2.05, 4.69) is 31.9 Å². The molecule has 7 heteroatoms. The lowest BCUT2D eigenvalue weighted by Gasteiger charge is -2.26. The number of pyridine rings is 1. The standard InChI is InChI=1S/C15H18N6O/c1-11(13-6-4-5-7-16-13)20(2)14-8-12(9-22-3)19-15-17-10-18-21(14)15/h4-8,10-11H,9H2,1-3H3/t11-/m1/s1. The summed E-state index contributed by atoms with van der Waals surface area (Å²) in [7, 11) is 3.65. The van der Waals surface area contributed by atoms with Gasteiger partial charge in [0.25, 0.3) is 5.78 Å². The van der Waals surface area contributed by atoms with Crippen molar-refractivity contribution in [1.29, 1.82) is 0 Å². The maximum absolute atomic E-state index is 5.18. The molecule has 0 fully saturated rings. The lowest BCUT2D eigenvalue weighted by Crippen LogP contribution is -2.25. The van der Waals surface area contributed by atoms with Crippen LogP contribution in [0.15, 0.2) is 36.8 Å². The molecule has 0 spiro atoms. The largest absolute Gasteiger partial charge is 0.378 e. The van der Waals surface area contributed by atoms with Crippen LogP contribution in [0, 0.1) is 0 Å². The highest BCUT2D eigenvalue weighted by Crippen LogP contribution is 2.24. The minimum absolute atomic E-state index is 0.0893. The molecule has 7 nitrogen and oxygen atoms in total. The molecule has 3 aromatic heterocycles. The van der Waals surface area contributed by atoms with Crippen molar-refractivity contribution in [2.75, 3.05) is 19.1 Å². The quantitative estimate of drug-likeness (QED) is 0.716. The van der Waals surface area contributed by atoms with E-state index in [1.54, 1.807) is 17.8 Å². The molecule has 3 heterocycles. The topological polar surface area (TPSA) is 68.4 Å². The number of aromatic nitrogens is 5. The van der Waals surface area contributed by atoms with Crippen LogP contribution in [0.5, 0.6) is 0 Å². The second-order valence-electron chi connectivity index (χ2n) is 5.05. The molecule has 0 radical (unpaired) electrons. The Balaban J connectivity index is 2.02. The van der Waals surface area contributed by atoms with E-state index in [1.165, 1.54) is 6.33 Å². The summed E-state index contributed by atoms with van der Waals surface area (Å²) in [6.45, 7) is 2.53. The molecule has 0 aliphatic carbocycles. The Morgan fingerprint density at radius 3 is 2.91 bits per heavy atom. The molecule has 0 aliphatic heterocycles. The van der Waals surface area contributed by atoms with Crippen molar-refractivity contribution in [3.63, 3.8) is 0 Å². The number of rotatable bonds is 5. The molecule has 3 aromatic rings. The summed E-state index contributed by atoms with van der Waals surface area (Å²) in [4.78, 5) is 15.1. The second-order valence-corrected chi connectivity index (χ2v) is 5.05. The first-order valence-corrected chi connectivity index (χ1v) is 7.03. The van der Waals surface area contributed by atoms with E-state index in [0.29, 0.717) is 12.4 Å². The van der Waals surface area contributed by atoms with Crippen molar-refractivity contribution >= 4 is 11.6 Å². The lowest BCUT2D eigenvalue weighted by atomic mass is 10.2. The average molecular weight is 298 g/mol. The number of nitrogens with zero attached hydrogens (tertiary/aromatic N) is 6. The highest BCUT2D eigenvalue weighted by molar-refractivity contribution is 5.48. The van der Waals surface area contributed by atoms with Gasteiger partial charge >= 0.3 is 0 Å². The molecule has 0 unspecified atom stereocenters. The monoisotopic (exact) mass is 298 g/mol. The Bertz CT molecular complexity index is 757. The molecule has 114 valence electrons. The molecular formula is C15H18N6O. The average Bonchev–Trinajstić information content (AvgIpc) is 3.02. The Morgan fingerprint density at radius 1 is 1.32 bits per heavy atom. The SMILES string of the molecule is COCc1cc(N(C)[C@H](C)c2ccccn2)n2ncnc2n1. The third kappa shape index (κ3) is 2.62. The summed E-state index contributed by atoms with van der Waals surface area (Å²) in [5.41, 5.74) is 1.81. The zero-order valence-corrected chi connectivity index (χ0v) is 12.8. The van der Waals surface area contributed by atoms with Gasteiger partial charge in [0.2, 0.25) is 0 Å². The highest BCUT2D eigenvalue weighted by atomic mass is 16.5. The number of fused-ring (bicyclic) bond motifs is 1. The van der Waals surface area contributed by atoms with Gasteiger partial charge in [0, 0.05) is 26.4 Å². The van der Waals surface area contributed by atoms with E-state index in [0.717, 1.165) is 17.2 Å². The molecule has 1 atom stereocenters. The second kappa shape index (κ2) is 6.07. The maximum atomic E-state index is 5.18. The van der Waals surface area contributed by atoms with E-state index in [9.17, 15) is 0 Å². The zero-order chi connectivity index (χ0) is 15.5. The molecule has 0 aromatic carbocycles. The van der Waals surface area contributed by atoms with Crippen LogP contribution < -0.4 is 4.90 Å². The molecule has 22 heavy (non-hydrogen) atoms. The van der Waals surface area contributed by atoms with Crippen LogP contribution in [-0.2, 0) is 11.3 Å². The van der Waals surface area contributed by atoms with Crippen LogP contribution in [0.3, 0.4) is 0 Å². The van der Waals surface area contributed by atoms with Crippen molar-refractivity contribution < 1.29 is 4.74 Å². The van der Waals surface area contributed by atoms with Crippen molar-refractivity contribution in [3.8, 4) is 0 Å². The number of hydrogen-bond acceptors (Lipinski definition) is 6. The van der Waals surface area contributed by atoms with Crippen LogP contribution >= 0.6 is 0 Å². The Hall–Kier alpha value is -2.54. The van der Waals surface area contributed by atoms with E-state index in [-0.39, 0.29) is 6.04 Å². The van der Waals surface area contributed by atoms with Crippen molar-refractivity contribution in [2.45, 2.75) is 19.6 Å². The van der Waals surface area contributed by atoms with E-state index in [4.69, 9.17) is 4.74 Å². The van der Waals surface area contributed by atoms with Crippen molar-refractivity contribution in [3.05, 3.63) is 48.2 Å². The van der Waals surface area contributed by atoms with Gasteiger partial charge in [-0.05, 0) is 19.1 Å². The summed E-state index contributed by atoms with van der Waals surface area (Å²) in [6, 6.07) is 7.96. The summed E-state index contributed by atoms with van der Waals surface area (Å²) in [5, 5.41) is 4.26. The van der Waals surface area contributed by atoms with Gasteiger partial charge in [0.15, 0.2) is 0 Å². The van der Waals surface area contributed by atoms with Crippen LogP contribution in [0.2, 0.25) is 0 Å². The number of anilines is 1. The summed E-state index contributed by atoms with van der Waals surface area (Å²) < 4.78 is 6.90. The predicted molar refractivity (Wildman–Crippen MR) is 82.6 cm³/mol. The smallest absolute Gasteiger partial charge is 0.254 e. The molecule has 0 N–H and O–H groups in total. The molecule has 0 saturated carbocycles. The molecule has 0 saturated heterocycles. The molecule has 0 amide bonds. The third-order valence-electron chi connectivity index (χ3n) is 3.64. The Morgan fingerprint density at radius 2 is 2.18 bits per heavy atom. The fraction of sp³-hybridized carbons (Fsp3) is 0.333. The molecule has 0 bridgehead atoms. The third-order valence-corrected chi connectivity index (χ3v) is 3.64. The zero-order valence-electron chi connectivity index (χ0n) is 12.8. The van der Waals surface area contributed by atoms with Gasteiger partial charge in [-0.1, -0.05) is 6.07 Å². The van der Waals surface area contributed by atoms with Gasteiger partial charge in [-0.2, -0.15) is 14.6 Å². The minimum Gasteiger partial charge on any atom is -0.378 e. The molecule has 3 rings (SSSR count). The van der Waals surface area contributed by atoms with Crippen molar-refractivity contribution in [1.82, 2.24) is 24.6 Å². The highest BCUT2D eigenvalue weighted by Gasteiger charge is 2.18. The van der Waals surface area contributed by atoms with Crippen LogP contribution in [0.1, 0.15) is 24.4 Å². The van der Waals surface area contributed by atoms with Gasteiger partial charge < -0.3 is 9.64 Å². The normalized spacial score (nSPS) is 12.5. The first-order valence-electron chi connectivity index (χ1n) is 7.03. The van der Waals surface area contributed by atoms with Gasteiger partial charge in [-0.3, -0.25) is 4.98 Å². The van der Waals surface area contributed by atoms with Crippen LogP contribution in [0.4, 0.5) is 5.82 Å². The van der Waals surface area contributed by atoms with E-state index >= 15 is 0 Å². The minimum atomic E-state index is 0.0893. The van der Waals surface area contributed by atoms with Gasteiger partial charge in [-0.25, -0.2) is 4.98 Å². The van der Waals surface area contributed by atoms with Gasteiger partial charge in [-0.15, -0.1) is 0 Å². The van der Waals surface area contributed by atoms with Gasteiger partial charge in [0.05, 0.1) is 24.0 Å². The Labute approximate surface area is 128 Å². The fourth-order valence-electron chi connectivity index (χ4n) is 2.34. The lowest BCUT2D eigenvalue weighted by molar-refractivity contribution is 0.181. The van der Waals surface area contributed by atoms with Crippen LogP contribution in [0.25, 0.3) is 5.78 Å². The number of methoxy groups -OCH3 is 1. The fourth-order valence-corrected chi connectivity index (χ4v) is 2.34. The maximum Gasteiger partial charge on any atom is 0.254 e.